The number of carbonyl (C=O) groups excluding carboxylic acids is 1. The summed E-state index contributed by atoms with van der Waals surface area (Å²) in [5, 5.41) is 12.7. The summed E-state index contributed by atoms with van der Waals surface area (Å²) in [6.07, 6.45) is 4.37. The van der Waals surface area contributed by atoms with Crippen LogP contribution in [0.5, 0.6) is 0 Å². The number of aliphatic hydroxyl groups excluding tert-OH is 1. The van der Waals surface area contributed by atoms with E-state index in [4.69, 9.17) is 0 Å². The van der Waals surface area contributed by atoms with Crippen molar-refractivity contribution in [3.05, 3.63) is 29.6 Å². The quantitative estimate of drug-likeness (QED) is 0.768. The Kier molecular flexibility index (Phi) is 3.54. The topological polar surface area (TPSA) is 62.2 Å². The van der Waals surface area contributed by atoms with Crippen molar-refractivity contribution in [2.75, 3.05) is 13.2 Å². The second-order valence-electron chi connectivity index (χ2n) is 4.64. The van der Waals surface area contributed by atoms with E-state index < -0.39 is 5.54 Å². The Bertz CT molecular complexity index is 412. The third kappa shape index (κ3) is 2.37. The van der Waals surface area contributed by atoms with E-state index in [2.05, 4.69) is 10.3 Å². The van der Waals surface area contributed by atoms with Crippen LogP contribution in [0.3, 0.4) is 0 Å². The molecule has 1 saturated heterocycles. The van der Waals surface area contributed by atoms with Crippen molar-refractivity contribution in [3.63, 3.8) is 0 Å². The van der Waals surface area contributed by atoms with E-state index >= 15 is 0 Å². The maximum absolute atomic E-state index is 12.5. The number of nitrogens with one attached hydrogen (secondary N) is 1. The molecule has 1 aliphatic rings. The molecule has 0 bridgehead atoms. The number of Topliss-reactive ketones (excluding diaryl/α,β-unsaturated/α-hetero) is 1. The van der Waals surface area contributed by atoms with Crippen molar-refractivity contribution in [1.82, 2.24) is 10.3 Å². The Morgan fingerprint density at radius 3 is 3.00 bits per heavy atom. The van der Waals surface area contributed by atoms with Crippen LogP contribution in [0.1, 0.15) is 35.3 Å². The summed E-state index contributed by atoms with van der Waals surface area (Å²) in [6, 6.07) is 3.49. The summed E-state index contributed by atoms with van der Waals surface area (Å²) < 4.78 is 0. The van der Waals surface area contributed by atoms with Crippen LogP contribution in [0.15, 0.2) is 18.3 Å². The average molecular weight is 234 g/mol. The van der Waals surface area contributed by atoms with Crippen LogP contribution in [-0.4, -0.2) is 34.6 Å². The smallest absolute Gasteiger partial charge is 0.185 e. The minimum atomic E-state index is -0.786. The number of aromatic nitrogens is 1. The first-order chi connectivity index (χ1) is 8.18. The Morgan fingerprint density at radius 2 is 2.41 bits per heavy atom. The first kappa shape index (κ1) is 12.2. The molecule has 2 rings (SSSR count). The molecule has 0 saturated carbocycles. The highest BCUT2D eigenvalue weighted by Crippen LogP contribution is 2.23. The van der Waals surface area contributed by atoms with Crippen molar-refractivity contribution in [2.24, 2.45) is 0 Å². The lowest BCUT2D eigenvalue weighted by atomic mass is 9.83. The van der Waals surface area contributed by atoms with Gasteiger partial charge in [0.25, 0.3) is 0 Å². The fourth-order valence-corrected chi connectivity index (χ4v) is 2.33. The number of carbonyl (C=O) groups is 1. The summed E-state index contributed by atoms with van der Waals surface area (Å²) in [4.78, 5) is 16.5. The molecule has 17 heavy (non-hydrogen) atoms. The van der Waals surface area contributed by atoms with Gasteiger partial charge in [-0.25, -0.2) is 0 Å². The van der Waals surface area contributed by atoms with Crippen LogP contribution >= 0.6 is 0 Å². The van der Waals surface area contributed by atoms with Gasteiger partial charge in [0.05, 0.1) is 6.61 Å². The van der Waals surface area contributed by atoms with Crippen LogP contribution in [0, 0.1) is 6.92 Å². The standard InChI is InChI=1S/C13H18N2O2/c1-10-8-11(4-7-14-10)12(17)13(9-16)5-2-3-6-15-13/h4,7-8,15-16H,2-3,5-6,9H2,1H3/t13-/m0/s1. The molecule has 1 aliphatic heterocycles. The van der Waals surface area contributed by atoms with E-state index in [1.165, 1.54) is 0 Å². The van der Waals surface area contributed by atoms with E-state index in [0.29, 0.717) is 12.0 Å². The van der Waals surface area contributed by atoms with Gasteiger partial charge in [-0.15, -0.1) is 0 Å². The van der Waals surface area contributed by atoms with Crippen LogP contribution in [0.4, 0.5) is 0 Å². The van der Waals surface area contributed by atoms with Crippen molar-refractivity contribution in [3.8, 4) is 0 Å². The normalized spacial score (nSPS) is 24.6. The largest absolute Gasteiger partial charge is 0.394 e. The first-order valence-corrected chi connectivity index (χ1v) is 6.01. The molecule has 1 fully saturated rings. The zero-order valence-electron chi connectivity index (χ0n) is 10.1. The van der Waals surface area contributed by atoms with Crippen LogP contribution in [-0.2, 0) is 0 Å². The van der Waals surface area contributed by atoms with Gasteiger partial charge in [-0.2, -0.15) is 0 Å². The third-order valence-corrected chi connectivity index (χ3v) is 3.36. The average Bonchev–Trinajstić information content (AvgIpc) is 2.38. The predicted molar refractivity (Wildman–Crippen MR) is 65.0 cm³/mol. The monoisotopic (exact) mass is 234 g/mol. The van der Waals surface area contributed by atoms with Gasteiger partial charge in [0, 0.05) is 17.5 Å². The molecule has 1 aromatic heterocycles. The van der Waals surface area contributed by atoms with E-state index in [1.807, 2.05) is 6.92 Å². The number of rotatable bonds is 3. The number of nitrogens with zero attached hydrogens (tertiary/aromatic N) is 1. The number of aliphatic hydroxyl groups is 1. The Labute approximate surface area is 101 Å². The molecule has 1 atom stereocenters. The fourth-order valence-electron chi connectivity index (χ4n) is 2.33. The van der Waals surface area contributed by atoms with Gasteiger partial charge >= 0.3 is 0 Å². The molecule has 2 heterocycles. The summed E-state index contributed by atoms with van der Waals surface area (Å²) in [6.45, 7) is 2.50. The van der Waals surface area contributed by atoms with Gasteiger partial charge < -0.3 is 10.4 Å². The first-order valence-electron chi connectivity index (χ1n) is 6.01. The van der Waals surface area contributed by atoms with Crippen molar-refractivity contribution < 1.29 is 9.90 Å². The van der Waals surface area contributed by atoms with E-state index in [0.717, 1.165) is 25.1 Å². The van der Waals surface area contributed by atoms with Crippen LogP contribution < -0.4 is 5.32 Å². The Morgan fingerprint density at radius 1 is 1.59 bits per heavy atom. The molecule has 4 nitrogen and oxygen atoms in total. The zero-order chi connectivity index (χ0) is 12.3. The molecular weight excluding hydrogens is 216 g/mol. The second kappa shape index (κ2) is 4.94. The number of pyridine rings is 1. The molecule has 0 radical (unpaired) electrons. The SMILES string of the molecule is Cc1cc(C(=O)[C@@]2(CO)CCCCN2)ccn1. The Balaban J connectivity index is 2.28. The molecule has 1 aromatic rings. The summed E-state index contributed by atoms with van der Waals surface area (Å²) in [7, 11) is 0. The molecular formula is C13H18N2O2. The highest BCUT2D eigenvalue weighted by molar-refractivity contribution is 6.03. The van der Waals surface area contributed by atoms with Crippen molar-refractivity contribution in [2.45, 2.75) is 31.7 Å². The van der Waals surface area contributed by atoms with Gasteiger partial charge in [0.2, 0.25) is 0 Å². The number of aryl methyl sites for hydroxylation is 1. The minimum Gasteiger partial charge on any atom is -0.394 e. The lowest BCUT2D eigenvalue weighted by Crippen LogP contribution is -2.57. The minimum absolute atomic E-state index is 0.0230. The lowest BCUT2D eigenvalue weighted by molar-refractivity contribution is 0.0684. The van der Waals surface area contributed by atoms with Crippen molar-refractivity contribution in [1.29, 1.82) is 0 Å². The van der Waals surface area contributed by atoms with Gasteiger partial charge in [-0.1, -0.05) is 0 Å². The second-order valence-corrected chi connectivity index (χ2v) is 4.64. The molecule has 0 amide bonds. The number of ketones is 1. The number of piperidine rings is 1. The summed E-state index contributed by atoms with van der Waals surface area (Å²) >= 11 is 0. The van der Waals surface area contributed by atoms with E-state index in [9.17, 15) is 9.90 Å². The lowest BCUT2D eigenvalue weighted by Gasteiger charge is -2.35. The summed E-state index contributed by atoms with van der Waals surface area (Å²) in [5.41, 5.74) is 0.659. The molecule has 0 unspecified atom stereocenters. The molecule has 0 spiro atoms. The maximum atomic E-state index is 12.5. The molecule has 4 heteroatoms. The van der Waals surface area contributed by atoms with Gasteiger partial charge in [0.1, 0.15) is 5.54 Å². The van der Waals surface area contributed by atoms with Gasteiger partial charge in [-0.05, 0) is 44.9 Å². The highest BCUT2D eigenvalue weighted by Gasteiger charge is 2.39. The molecule has 2 N–H and O–H groups in total. The highest BCUT2D eigenvalue weighted by atomic mass is 16.3. The molecule has 0 aromatic carbocycles. The van der Waals surface area contributed by atoms with Crippen LogP contribution in [0.2, 0.25) is 0 Å². The number of hydrogen-bond acceptors (Lipinski definition) is 4. The predicted octanol–water partition coefficient (Wildman–Crippen LogP) is 1.08. The fraction of sp³-hybridized carbons (Fsp3) is 0.538. The summed E-state index contributed by atoms with van der Waals surface area (Å²) in [5.74, 6) is -0.0230. The Hall–Kier alpha value is -1.26. The van der Waals surface area contributed by atoms with Gasteiger partial charge in [0.15, 0.2) is 5.78 Å². The van der Waals surface area contributed by atoms with Crippen molar-refractivity contribution >= 4 is 5.78 Å². The van der Waals surface area contributed by atoms with E-state index in [1.54, 1.807) is 18.3 Å². The van der Waals surface area contributed by atoms with E-state index in [-0.39, 0.29) is 12.4 Å². The zero-order valence-corrected chi connectivity index (χ0v) is 10.1. The number of hydrogen-bond donors (Lipinski definition) is 2. The maximum Gasteiger partial charge on any atom is 0.185 e. The molecule has 0 aliphatic carbocycles. The molecule has 92 valence electrons. The van der Waals surface area contributed by atoms with Gasteiger partial charge in [-0.3, -0.25) is 9.78 Å². The van der Waals surface area contributed by atoms with Crippen LogP contribution in [0.25, 0.3) is 0 Å². The third-order valence-electron chi connectivity index (χ3n) is 3.36.